The van der Waals surface area contributed by atoms with Gasteiger partial charge in [-0.05, 0) is 48.3 Å². The Hall–Kier alpha value is -0.610. The molecule has 1 N–H and O–H groups in total. The summed E-state index contributed by atoms with van der Waals surface area (Å²) in [5.74, 6) is 0.891. The molecule has 1 unspecified atom stereocenters. The van der Waals surface area contributed by atoms with Gasteiger partial charge in [-0.25, -0.2) is 4.98 Å². The summed E-state index contributed by atoms with van der Waals surface area (Å²) in [6.07, 6.45) is 2.02. The fourth-order valence-corrected chi connectivity index (χ4v) is 1.44. The smallest absolute Gasteiger partial charge is 0.126 e. The van der Waals surface area contributed by atoms with Crippen LogP contribution in [-0.4, -0.2) is 24.2 Å². The molecule has 0 bridgehead atoms. The molecule has 0 amide bonds. The van der Waals surface area contributed by atoms with Crippen LogP contribution in [0, 0.1) is 6.92 Å². The number of nitrogens with one attached hydrogen (secondary N) is 1. The molecule has 0 aliphatic heterocycles. The SMILES string of the molecule is CCOC(C)CNc1cc(C)c(Br)cn1. The predicted molar refractivity (Wildman–Crippen MR) is 66.3 cm³/mol. The quantitative estimate of drug-likeness (QED) is 0.895. The van der Waals surface area contributed by atoms with Gasteiger partial charge in [0.2, 0.25) is 0 Å². The molecular weight excluding hydrogens is 256 g/mol. The summed E-state index contributed by atoms with van der Waals surface area (Å²) >= 11 is 3.42. The van der Waals surface area contributed by atoms with Crippen molar-refractivity contribution >= 4 is 21.7 Å². The largest absolute Gasteiger partial charge is 0.377 e. The van der Waals surface area contributed by atoms with Crippen molar-refractivity contribution in [2.75, 3.05) is 18.5 Å². The lowest BCUT2D eigenvalue weighted by Gasteiger charge is -2.13. The monoisotopic (exact) mass is 272 g/mol. The first kappa shape index (κ1) is 12.5. The number of aryl methyl sites for hydroxylation is 1. The van der Waals surface area contributed by atoms with Crippen molar-refractivity contribution in [2.45, 2.75) is 26.9 Å². The number of ether oxygens (including phenoxy) is 1. The summed E-state index contributed by atoms with van der Waals surface area (Å²) in [6, 6.07) is 2.02. The minimum absolute atomic E-state index is 0.209. The van der Waals surface area contributed by atoms with Crippen LogP contribution in [0.15, 0.2) is 16.7 Å². The van der Waals surface area contributed by atoms with Gasteiger partial charge in [0.1, 0.15) is 5.82 Å². The van der Waals surface area contributed by atoms with Crippen molar-refractivity contribution in [1.29, 1.82) is 0 Å². The zero-order valence-electron chi connectivity index (χ0n) is 9.38. The van der Waals surface area contributed by atoms with E-state index in [2.05, 4.69) is 26.2 Å². The fourth-order valence-electron chi connectivity index (χ4n) is 1.23. The van der Waals surface area contributed by atoms with Gasteiger partial charge in [0.05, 0.1) is 6.10 Å². The van der Waals surface area contributed by atoms with E-state index in [1.165, 1.54) is 5.56 Å². The molecule has 4 heteroatoms. The molecule has 0 saturated heterocycles. The van der Waals surface area contributed by atoms with Gasteiger partial charge < -0.3 is 10.1 Å². The van der Waals surface area contributed by atoms with E-state index in [0.29, 0.717) is 0 Å². The second-order valence-corrected chi connectivity index (χ2v) is 4.32. The van der Waals surface area contributed by atoms with Crippen LogP contribution in [0.3, 0.4) is 0 Å². The maximum Gasteiger partial charge on any atom is 0.126 e. The van der Waals surface area contributed by atoms with Gasteiger partial charge in [-0.3, -0.25) is 0 Å². The van der Waals surface area contributed by atoms with Crippen LogP contribution >= 0.6 is 15.9 Å². The molecule has 1 atom stereocenters. The Labute approximate surface area is 99.4 Å². The van der Waals surface area contributed by atoms with E-state index < -0.39 is 0 Å². The Balaban J connectivity index is 2.47. The van der Waals surface area contributed by atoms with Gasteiger partial charge in [-0.1, -0.05) is 0 Å². The zero-order chi connectivity index (χ0) is 11.3. The van der Waals surface area contributed by atoms with Crippen LogP contribution in [0.2, 0.25) is 0 Å². The molecule has 1 rings (SSSR count). The van der Waals surface area contributed by atoms with E-state index >= 15 is 0 Å². The summed E-state index contributed by atoms with van der Waals surface area (Å²) in [5, 5.41) is 3.24. The number of anilines is 1. The normalized spacial score (nSPS) is 12.5. The zero-order valence-corrected chi connectivity index (χ0v) is 11.0. The molecule has 3 nitrogen and oxygen atoms in total. The van der Waals surface area contributed by atoms with Gasteiger partial charge >= 0.3 is 0 Å². The molecule has 0 aliphatic rings. The lowest BCUT2D eigenvalue weighted by atomic mass is 10.3. The number of hydrogen-bond donors (Lipinski definition) is 1. The van der Waals surface area contributed by atoms with E-state index in [0.717, 1.165) is 23.4 Å². The highest BCUT2D eigenvalue weighted by Gasteiger charge is 2.02. The first-order valence-electron chi connectivity index (χ1n) is 5.11. The first-order chi connectivity index (χ1) is 7.13. The van der Waals surface area contributed by atoms with E-state index in [1.807, 2.05) is 33.0 Å². The van der Waals surface area contributed by atoms with E-state index in [9.17, 15) is 0 Å². The average molecular weight is 273 g/mol. The van der Waals surface area contributed by atoms with Crippen molar-refractivity contribution in [3.05, 3.63) is 22.3 Å². The Bertz CT molecular complexity index is 317. The van der Waals surface area contributed by atoms with Crippen LogP contribution in [0.25, 0.3) is 0 Å². The van der Waals surface area contributed by atoms with Crippen molar-refractivity contribution in [3.8, 4) is 0 Å². The van der Waals surface area contributed by atoms with Crippen LogP contribution in [0.1, 0.15) is 19.4 Å². The molecule has 1 aromatic rings. The third-order valence-corrected chi connectivity index (χ3v) is 2.90. The summed E-state index contributed by atoms with van der Waals surface area (Å²) in [4.78, 5) is 4.26. The van der Waals surface area contributed by atoms with Crippen LogP contribution in [0.4, 0.5) is 5.82 Å². The molecule has 0 aromatic carbocycles. The first-order valence-corrected chi connectivity index (χ1v) is 5.90. The summed E-state index contributed by atoms with van der Waals surface area (Å²) in [5.41, 5.74) is 1.18. The van der Waals surface area contributed by atoms with Gasteiger partial charge in [0.15, 0.2) is 0 Å². The summed E-state index contributed by atoms with van der Waals surface area (Å²) < 4.78 is 6.45. The maximum atomic E-state index is 5.42. The molecule has 84 valence electrons. The molecule has 0 fully saturated rings. The summed E-state index contributed by atoms with van der Waals surface area (Å²) in [6.45, 7) is 7.61. The number of pyridine rings is 1. The highest BCUT2D eigenvalue weighted by molar-refractivity contribution is 9.10. The molecule has 15 heavy (non-hydrogen) atoms. The van der Waals surface area contributed by atoms with Gasteiger partial charge in [-0.15, -0.1) is 0 Å². The van der Waals surface area contributed by atoms with Crippen molar-refractivity contribution < 1.29 is 4.74 Å². The highest BCUT2D eigenvalue weighted by atomic mass is 79.9. The fraction of sp³-hybridized carbons (Fsp3) is 0.545. The van der Waals surface area contributed by atoms with Crippen molar-refractivity contribution in [1.82, 2.24) is 4.98 Å². The van der Waals surface area contributed by atoms with Crippen LogP contribution in [-0.2, 0) is 4.74 Å². The number of halogens is 1. The van der Waals surface area contributed by atoms with Gasteiger partial charge in [0, 0.05) is 23.8 Å². The lowest BCUT2D eigenvalue weighted by molar-refractivity contribution is 0.0855. The number of hydrogen-bond acceptors (Lipinski definition) is 3. The van der Waals surface area contributed by atoms with Crippen molar-refractivity contribution in [3.63, 3.8) is 0 Å². The van der Waals surface area contributed by atoms with E-state index in [-0.39, 0.29) is 6.10 Å². The molecule has 1 heterocycles. The minimum Gasteiger partial charge on any atom is -0.377 e. The molecule has 1 aromatic heterocycles. The number of nitrogens with zero attached hydrogens (tertiary/aromatic N) is 1. The third-order valence-electron chi connectivity index (χ3n) is 2.07. The number of rotatable bonds is 5. The van der Waals surface area contributed by atoms with E-state index in [1.54, 1.807) is 0 Å². The Morgan fingerprint density at radius 1 is 1.60 bits per heavy atom. The van der Waals surface area contributed by atoms with Crippen molar-refractivity contribution in [2.24, 2.45) is 0 Å². The Morgan fingerprint density at radius 2 is 2.33 bits per heavy atom. The van der Waals surface area contributed by atoms with Crippen LogP contribution < -0.4 is 5.32 Å². The molecular formula is C11H17BrN2O. The molecule has 0 aliphatic carbocycles. The minimum atomic E-state index is 0.209. The summed E-state index contributed by atoms with van der Waals surface area (Å²) in [7, 11) is 0. The molecule has 0 saturated carbocycles. The Kier molecular flexibility index (Phi) is 5.05. The topological polar surface area (TPSA) is 34.1 Å². The van der Waals surface area contributed by atoms with Gasteiger partial charge in [0.25, 0.3) is 0 Å². The second-order valence-electron chi connectivity index (χ2n) is 3.47. The Morgan fingerprint density at radius 3 is 2.93 bits per heavy atom. The third kappa shape index (κ3) is 4.18. The standard InChI is InChI=1S/C11H17BrN2O/c1-4-15-9(3)6-13-11-5-8(2)10(12)7-14-11/h5,7,9H,4,6H2,1-3H3,(H,13,14). The van der Waals surface area contributed by atoms with E-state index in [4.69, 9.17) is 4.74 Å². The predicted octanol–water partition coefficient (Wildman–Crippen LogP) is 2.99. The maximum absolute atomic E-state index is 5.42. The number of aromatic nitrogens is 1. The lowest BCUT2D eigenvalue weighted by Crippen LogP contribution is -2.20. The van der Waals surface area contributed by atoms with Gasteiger partial charge in [-0.2, -0.15) is 0 Å². The van der Waals surface area contributed by atoms with Crippen LogP contribution in [0.5, 0.6) is 0 Å². The second kappa shape index (κ2) is 6.08. The highest BCUT2D eigenvalue weighted by Crippen LogP contribution is 2.17. The molecule has 0 radical (unpaired) electrons. The average Bonchev–Trinajstić information content (AvgIpc) is 2.20. The molecule has 0 spiro atoms.